The number of hydrogen-bond acceptors (Lipinski definition) is 7. The third-order valence-corrected chi connectivity index (χ3v) is 6.65. The highest BCUT2D eigenvalue weighted by molar-refractivity contribution is 6.29. The van der Waals surface area contributed by atoms with Crippen LogP contribution in [0.4, 0.5) is 23.2 Å². The van der Waals surface area contributed by atoms with Crippen LogP contribution in [0.1, 0.15) is 55.1 Å². The van der Waals surface area contributed by atoms with Crippen LogP contribution in [0.25, 0.3) is 11.0 Å². The summed E-state index contributed by atoms with van der Waals surface area (Å²) in [5.41, 5.74) is 1.62. The molecule has 1 saturated heterocycles. The van der Waals surface area contributed by atoms with Gasteiger partial charge in [0.05, 0.1) is 30.0 Å². The van der Waals surface area contributed by atoms with Crippen LogP contribution in [0.5, 0.6) is 5.75 Å². The van der Waals surface area contributed by atoms with Crippen molar-refractivity contribution in [2.45, 2.75) is 51.4 Å². The fraction of sp³-hybridized carbons (Fsp3) is 0.407. The number of carbonyl (C=O) groups is 2. The Morgan fingerprint density at radius 3 is 2.75 bits per heavy atom. The predicted octanol–water partition coefficient (Wildman–Crippen LogP) is 6.09. The minimum atomic E-state index is -5.03. The van der Waals surface area contributed by atoms with Crippen LogP contribution in [0.15, 0.2) is 36.5 Å². The van der Waals surface area contributed by atoms with Gasteiger partial charge in [0.15, 0.2) is 0 Å². The fourth-order valence-electron chi connectivity index (χ4n) is 4.64. The molecule has 1 fully saturated rings. The molecular weight excluding hydrogens is 556 g/mol. The maximum Gasteiger partial charge on any atom is 0.471 e. The Morgan fingerprint density at radius 1 is 1.25 bits per heavy atom. The molecule has 1 amide bonds. The number of carbonyl (C=O) groups excluding carboxylic acids is 2. The normalized spacial score (nSPS) is 16.2. The average Bonchev–Trinajstić information content (AvgIpc) is 3.38. The van der Waals surface area contributed by atoms with E-state index in [1.807, 2.05) is 0 Å². The molecule has 2 atom stereocenters. The Kier molecular flexibility index (Phi) is 8.97. The van der Waals surface area contributed by atoms with Crippen molar-refractivity contribution < 1.29 is 36.6 Å². The summed E-state index contributed by atoms with van der Waals surface area (Å²) in [4.78, 5) is 33.8. The monoisotopic (exact) mass is 582 g/mol. The lowest BCUT2D eigenvalue weighted by Crippen LogP contribution is -2.40. The number of likely N-dealkylation sites (tertiary alicyclic amines) is 1. The van der Waals surface area contributed by atoms with Crippen LogP contribution < -0.4 is 10.1 Å². The number of amides is 1. The van der Waals surface area contributed by atoms with Gasteiger partial charge in [-0.3, -0.25) is 9.78 Å². The molecule has 0 aliphatic carbocycles. The zero-order valence-corrected chi connectivity index (χ0v) is 22.5. The maximum atomic E-state index is 14.2. The van der Waals surface area contributed by atoms with Gasteiger partial charge in [0.25, 0.3) is 0 Å². The largest absolute Gasteiger partial charge is 0.490 e. The lowest BCUT2D eigenvalue weighted by Gasteiger charge is -2.28. The first-order valence-electron chi connectivity index (χ1n) is 12.7. The van der Waals surface area contributed by atoms with E-state index in [-0.39, 0.29) is 41.6 Å². The SMILES string of the molecule is CCOC(=O)c1cnc2ccc(Cl)nc2c1NCCC(C)Oc1ccc(F)cc1[C@H]1CCCN1C(=O)C(F)(F)F. The van der Waals surface area contributed by atoms with Crippen molar-refractivity contribution >= 4 is 40.2 Å². The summed E-state index contributed by atoms with van der Waals surface area (Å²) < 4.78 is 64.8. The number of anilines is 1. The van der Waals surface area contributed by atoms with E-state index in [4.69, 9.17) is 21.1 Å². The minimum absolute atomic E-state index is 0.0841. The second-order valence-corrected chi connectivity index (χ2v) is 9.64. The number of alkyl halides is 3. The molecule has 0 bridgehead atoms. The number of benzene rings is 1. The summed E-state index contributed by atoms with van der Waals surface area (Å²) in [5, 5.41) is 3.39. The highest BCUT2D eigenvalue weighted by atomic mass is 35.5. The first kappa shape index (κ1) is 29.3. The van der Waals surface area contributed by atoms with Gasteiger partial charge in [-0.2, -0.15) is 13.2 Å². The third kappa shape index (κ3) is 6.55. The Bertz CT molecular complexity index is 1400. The molecule has 40 heavy (non-hydrogen) atoms. The highest BCUT2D eigenvalue weighted by Crippen LogP contribution is 2.40. The van der Waals surface area contributed by atoms with Gasteiger partial charge < -0.3 is 19.7 Å². The fourth-order valence-corrected chi connectivity index (χ4v) is 4.79. The van der Waals surface area contributed by atoms with E-state index in [1.54, 1.807) is 26.0 Å². The van der Waals surface area contributed by atoms with Gasteiger partial charge in [0.1, 0.15) is 27.8 Å². The quantitative estimate of drug-likeness (QED) is 0.185. The first-order valence-corrected chi connectivity index (χ1v) is 13.1. The second-order valence-electron chi connectivity index (χ2n) is 9.25. The molecule has 1 unspecified atom stereocenters. The van der Waals surface area contributed by atoms with Gasteiger partial charge in [0, 0.05) is 31.3 Å². The molecule has 3 heterocycles. The van der Waals surface area contributed by atoms with Crippen molar-refractivity contribution in [3.63, 3.8) is 0 Å². The van der Waals surface area contributed by atoms with Crippen LogP contribution in [-0.4, -0.2) is 58.7 Å². The van der Waals surface area contributed by atoms with E-state index in [9.17, 15) is 27.2 Å². The van der Waals surface area contributed by atoms with Crippen LogP contribution in [0.2, 0.25) is 5.15 Å². The number of aromatic nitrogens is 2. The number of rotatable bonds is 9. The van der Waals surface area contributed by atoms with E-state index in [2.05, 4.69) is 15.3 Å². The van der Waals surface area contributed by atoms with Gasteiger partial charge >= 0.3 is 18.1 Å². The zero-order valence-electron chi connectivity index (χ0n) is 21.7. The minimum Gasteiger partial charge on any atom is -0.490 e. The summed E-state index contributed by atoms with van der Waals surface area (Å²) >= 11 is 6.08. The molecule has 8 nitrogen and oxygen atoms in total. The third-order valence-electron chi connectivity index (χ3n) is 6.44. The molecule has 214 valence electrons. The van der Waals surface area contributed by atoms with E-state index in [0.717, 1.165) is 17.0 Å². The zero-order chi connectivity index (χ0) is 29.0. The summed E-state index contributed by atoms with van der Waals surface area (Å²) in [7, 11) is 0. The molecule has 4 rings (SSSR count). The summed E-state index contributed by atoms with van der Waals surface area (Å²) in [6, 6.07) is 5.90. The molecule has 1 N–H and O–H groups in total. The Morgan fingerprint density at radius 2 is 2.02 bits per heavy atom. The van der Waals surface area contributed by atoms with Gasteiger partial charge in [-0.05, 0) is 57.0 Å². The van der Waals surface area contributed by atoms with E-state index < -0.39 is 36.0 Å². The second kappa shape index (κ2) is 12.2. The molecular formula is C27H27ClF4N4O4. The van der Waals surface area contributed by atoms with E-state index in [0.29, 0.717) is 36.1 Å². The lowest BCUT2D eigenvalue weighted by atomic mass is 10.0. The molecule has 0 saturated carbocycles. The molecule has 3 aromatic rings. The number of fused-ring (bicyclic) bond motifs is 1. The Hall–Kier alpha value is -3.67. The van der Waals surface area contributed by atoms with Gasteiger partial charge in [0.2, 0.25) is 0 Å². The predicted molar refractivity (Wildman–Crippen MR) is 140 cm³/mol. The number of esters is 1. The molecule has 2 aromatic heterocycles. The van der Waals surface area contributed by atoms with Crippen LogP contribution in [0.3, 0.4) is 0 Å². The van der Waals surface area contributed by atoms with Crippen molar-refractivity contribution in [1.82, 2.24) is 14.9 Å². The van der Waals surface area contributed by atoms with Gasteiger partial charge in [-0.15, -0.1) is 0 Å². The summed E-state index contributed by atoms with van der Waals surface area (Å²) in [5.74, 6) is -3.00. The number of nitrogens with one attached hydrogen (secondary N) is 1. The molecule has 1 aromatic carbocycles. The maximum absolute atomic E-state index is 14.2. The van der Waals surface area contributed by atoms with Gasteiger partial charge in [-0.25, -0.2) is 14.2 Å². The molecule has 1 aliphatic heterocycles. The molecule has 1 aliphatic rings. The van der Waals surface area contributed by atoms with Crippen molar-refractivity contribution in [2.24, 2.45) is 0 Å². The molecule has 13 heteroatoms. The van der Waals surface area contributed by atoms with Gasteiger partial charge in [-0.1, -0.05) is 11.6 Å². The average molecular weight is 583 g/mol. The van der Waals surface area contributed by atoms with Crippen LogP contribution >= 0.6 is 11.6 Å². The highest BCUT2D eigenvalue weighted by Gasteiger charge is 2.46. The van der Waals surface area contributed by atoms with Crippen molar-refractivity contribution in [2.75, 3.05) is 25.0 Å². The van der Waals surface area contributed by atoms with Crippen LogP contribution in [0, 0.1) is 5.82 Å². The first-order chi connectivity index (χ1) is 19.0. The topological polar surface area (TPSA) is 93.7 Å². The van der Waals surface area contributed by atoms with Crippen molar-refractivity contribution in [1.29, 1.82) is 0 Å². The lowest BCUT2D eigenvalue weighted by molar-refractivity contribution is -0.186. The Labute approximate surface area is 232 Å². The molecule has 0 spiro atoms. The Balaban J connectivity index is 1.51. The smallest absolute Gasteiger partial charge is 0.471 e. The number of nitrogens with zero attached hydrogens (tertiary/aromatic N) is 3. The van der Waals surface area contributed by atoms with E-state index in [1.165, 1.54) is 12.3 Å². The van der Waals surface area contributed by atoms with E-state index >= 15 is 0 Å². The summed E-state index contributed by atoms with van der Waals surface area (Å²) in [6.45, 7) is 3.80. The number of ether oxygens (including phenoxy) is 2. The summed E-state index contributed by atoms with van der Waals surface area (Å²) in [6.07, 6.45) is -3.16. The van der Waals surface area contributed by atoms with Crippen LogP contribution in [-0.2, 0) is 9.53 Å². The van der Waals surface area contributed by atoms with Crippen molar-refractivity contribution in [3.05, 3.63) is 58.6 Å². The standard InChI is InChI=1S/C27H27ClF4N4O4/c1-3-39-25(37)18-14-34-19-7-9-22(28)35-24(19)23(18)33-11-10-15(2)40-21-8-6-16(29)13-17(21)20-5-4-12-36(20)26(38)27(30,31)32/h6-9,13-15,20H,3-5,10-12H2,1-2H3,(H,33,34)/t15?,20-/m1/s1. The van der Waals surface area contributed by atoms with Crippen molar-refractivity contribution in [3.8, 4) is 5.75 Å². The number of halogens is 5. The molecule has 0 radical (unpaired) electrons. The number of pyridine rings is 2. The number of hydrogen-bond donors (Lipinski definition) is 1.